The van der Waals surface area contributed by atoms with Gasteiger partial charge in [-0.25, -0.2) is 4.39 Å². The third kappa shape index (κ3) is 2.42. The lowest BCUT2D eigenvalue weighted by atomic mass is 10.1. The summed E-state index contributed by atoms with van der Waals surface area (Å²) in [6.45, 7) is 0.150. The van der Waals surface area contributed by atoms with Crippen molar-refractivity contribution in [1.82, 2.24) is 9.97 Å². The molecule has 1 aliphatic rings. The van der Waals surface area contributed by atoms with Crippen molar-refractivity contribution in [2.45, 2.75) is 0 Å². The van der Waals surface area contributed by atoms with Crippen LogP contribution in [0.15, 0.2) is 30.3 Å². The molecule has 4 rings (SSSR count). The first-order valence-corrected chi connectivity index (χ1v) is 7.13. The Morgan fingerprint density at radius 3 is 2.87 bits per heavy atom. The summed E-state index contributed by atoms with van der Waals surface area (Å²) < 4.78 is 24.5. The van der Waals surface area contributed by atoms with Gasteiger partial charge in [-0.15, -0.1) is 0 Å². The third-order valence-electron chi connectivity index (χ3n) is 3.46. The minimum Gasteiger partial charge on any atom is -0.454 e. The summed E-state index contributed by atoms with van der Waals surface area (Å²) in [5, 5.41) is 2.71. The Bertz CT molecular complexity index is 995. The van der Waals surface area contributed by atoms with E-state index in [2.05, 4.69) is 15.3 Å². The van der Waals surface area contributed by atoms with Crippen molar-refractivity contribution in [2.24, 2.45) is 0 Å². The van der Waals surface area contributed by atoms with Crippen molar-refractivity contribution in [3.05, 3.63) is 46.5 Å². The second-order valence-electron chi connectivity index (χ2n) is 4.98. The van der Waals surface area contributed by atoms with Crippen LogP contribution < -0.4 is 14.8 Å². The van der Waals surface area contributed by atoms with Gasteiger partial charge in [0.15, 0.2) is 16.3 Å². The second kappa shape index (κ2) is 5.10. The van der Waals surface area contributed by atoms with Crippen molar-refractivity contribution in [3.63, 3.8) is 0 Å². The van der Waals surface area contributed by atoms with Gasteiger partial charge in [0.05, 0.1) is 16.6 Å². The maximum absolute atomic E-state index is 13.7. The Hall–Kier alpha value is -2.87. The maximum Gasteiger partial charge on any atom is 0.257 e. The Kier molecular flexibility index (Phi) is 3.05. The van der Waals surface area contributed by atoms with E-state index in [4.69, 9.17) is 21.7 Å². The Morgan fingerprint density at radius 1 is 1.17 bits per heavy atom. The summed E-state index contributed by atoms with van der Waals surface area (Å²) in [4.78, 5) is 18.1. The molecule has 3 N–H and O–H groups in total. The molecule has 0 unspecified atom stereocenters. The number of fused-ring (bicyclic) bond motifs is 2. The van der Waals surface area contributed by atoms with Gasteiger partial charge in [0.25, 0.3) is 5.91 Å². The predicted octanol–water partition coefficient (Wildman–Crippen LogP) is 3.35. The molecule has 8 heteroatoms. The molecular weight excluding hydrogens is 321 g/mol. The molecule has 0 aliphatic carbocycles. The van der Waals surface area contributed by atoms with Crippen LogP contribution in [-0.4, -0.2) is 22.7 Å². The van der Waals surface area contributed by atoms with Gasteiger partial charge in [-0.1, -0.05) is 0 Å². The molecule has 116 valence electrons. The lowest BCUT2D eigenvalue weighted by Gasteiger charge is -2.07. The SMILES string of the molecule is O=C(Nc1ccc2c(c1)OCO2)c1cc(F)cc2[nH]c(=S)[nH]c12. The van der Waals surface area contributed by atoms with Crippen LogP contribution in [0.1, 0.15) is 10.4 Å². The lowest BCUT2D eigenvalue weighted by Crippen LogP contribution is -2.12. The fourth-order valence-electron chi connectivity index (χ4n) is 2.46. The summed E-state index contributed by atoms with van der Waals surface area (Å²) in [5.74, 6) is 0.177. The summed E-state index contributed by atoms with van der Waals surface area (Å²) in [5.41, 5.74) is 1.57. The van der Waals surface area contributed by atoms with Gasteiger partial charge in [-0.2, -0.15) is 0 Å². The maximum atomic E-state index is 13.7. The predicted molar refractivity (Wildman–Crippen MR) is 84.0 cm³/mol. The molecule has 23 heavy (non-hydrogen) atoms. The molecule has 1 amide bonds. The van der Waals surface area contributed by atoms with Crippen LogP contribution in [0.2, 0.25) is 0 Å². The number of aromatic amines is 2. The van der Waals surface area contributed by atoms with Gasteiger partial charge >= 0.3 is 0 Å². The molecule has 2 aromatic carbocycles. The van der Waals surface area contributed by atoms with Crippen molar-refractivity contribution in [1.29, 1.82) is 0 Å². The molecule has 0 saturated carbocycles. The molecule has 1 aromatic heterocycles. The number of amides is 1. The van der Waals surface area contributed by atoms with E-state index in [0.717, 1.165) is 6.07 Å². The van der Waals surface area contributed by atoms with E-state index in [-0.39, 0.29) is 12.4 Å². The fourth-order valence-corrected chi connectivity index (χ4v) is 2.67. The quantitative estimate of drug-likeness (QED) is 0.629. The number of nitrogens with one attached hydrogen (secondary N) is 3. The summed E-state index contributed by atoms with van der Waals surface area (Å²) in [6.07, 6.45) is 0. The number of anilines is 1. The molecule has 0 radical (unpaired) electrons. The lowest BCUT2D eigenvalue weighted by molar-refractivity contribution is 0.102. The van der Waals surface area contributed by atoms with Crippen LogP contribution in [0.5, 0.6) is 11.5 Å². The van der Waals surface area contributed by atoms with E-state index < -0.39 is 11.7 Å². The molecule has 0 bridgehead atoms. The number of rotatable bonds is 2. The molecule has 3 aromatic rings. The van der Waals surface area contributed by atoms with Crippen LogP contribution >= 0.6 is 12.2 Å². The van der Waals surface area contributed by atoms with E-state index in [9.17, 15) is 9.18 Å². The summed E-state index contributed by atoms with van der Waals surface area (Å²) in [6, 6.07) is 7.46. The average Bonchev–Trinajstić information content (AvgIpc) is 3.10. The second-order valence-corrected chi connectivity index (χ2v) is 5.39. The van der Waals surface area contributed by atoms with E-state index in [0.29, 0.717) is 33.0 Å². The van der Waals surface area contributed by atoms with Gasteiger partial charge in [0.2, 0.25) is 6.79 Å². The van der Waals surface area contributed by atoms with Crippen LogP contribution in [0.4, 0.5) is 10.1 Å². The number of benzene rings is 2. The highest BCUT2D eigenvalue weighted by Crippen LogP contribution is 2.34. The van der Waals surface area contributed by atoms with Gasteiger partial charge < -0.3 is 24.8 Å². The zero-order chi connectivity index (χ0) is 16.0. The molecule has 0 spiro atoms. The van der Waals surface area contributed by atoms with E-state index in [1.54, 1.807) is 18.2 Å². The summed E-state index contributed by atoms with van der Waals surface area (Å²) >= 11 is 4.99. The topological polar surface area (TPSA) is 79.1 Å². The largest absolute Gasteiger partial charge is 0.454 e. The molecule has 6 nitrogen and oxygen atoms in total. The number of carbonyl (C=O) groups is 1. The molecule has 0 fully saturated rings. The minimum absolute atomic E-state index is 0.150. The number of carbonyl (C=O) groups excluding carboxylic acids is 1. The first-order chi connectivity index (χ1) is 11.1. The normalized spacial score (nSPS) is 12.6. The van der Waals surface area contributed by atoms with Crippen molar-refractivity contribution >= 4 is 34.8 Å². The molecular formula is C15H10FN3O3S. The van der Waals surface area contributed by atoms with Crippen LogP contribution in [0, 0.1) is 10.6 Å². The highest BCUT2D eigenvalue weighted by Gasteiger charge is 2.17. The van der Waals surface area contributed by atoms with Gasteiger partial charge in [0.1, 0.15) is 5.82 Å². The number of halogens is 1. The highest BCUT2D eigenvalue weighted by atomic mass is 32.1. The number of H-pyrrole nitrogens is 2. The van der Waals surface area contributed by atoms with Gasteiger partial charge in [-0.05, 0) is 36.5 Å². The Balaban J connectivity index is 1.71. The van der Waals surface area contributed by atoms with E-state index in [1.807, 2.05) is 0 Å². The zero-order valence-electron chi connectivity index (χ0n) is 11.6. The van der Waals surface area contributed by atoms with Gasteiger partial charge in [-0.3, -0.25) is 4.79 Å². The third-order valence-corrected chi connectivity index (χ3v) is 3.67. The first kappa shape index (κ1) is 13.8. The van der Waals surface area contributed by atoms with E-state index in [1.165, 1.54) is 6.07 Å². The zero-order valence-corrected chi connectivity index (χ0v) is 12.4. The molecule has 2 heterocycles. The number of ether oxygens (including phenoxy) is 2. The van der Waals surface area contributed by atoms with Crippen LogP contribution in [-0.2, 0) is 0 Å². The standard InChI is InChI=1S/C15H10FN3O3S/c16-7-3-9(13-10(4-7)18-15(23)19-13)14(20)17-8-1-2-11-12(5-8)22-6-21-11/h1-5H,6H2,(H,17,20)(H2,18,19,23). The van der Waals surface area contributed by atoms with E-state index >= 15 is 0 Å². The van der Waals surface area contributed by atoms with Crippen molar-refractivity contribution in [2.75, 3.05) is 12.1 Å². The van der Waals surface area contributed by atoms with Gasteiger partial charge in [0, 0.05) is 11.8 Å². The van der Waals surface area contributed by atoms with Crippen LogP contribution in [0.25, 0.3) is 11.0 Å². The highest BCUT2D eigenvalue weighted by molar-refractivity contribution is 7.71. The number of imidazole rings is 1. The van der Waals surface area contributed by atoms with Crippen molar-refractivity contribution in [3.8, 4) is 11.5 Å². The van der Waals surface area contributed by atoms with Crippen LogP contribution in [0.3, 0.4) is 0 Å². The fraction of sp³-hybridized carbons (Fsp3) is 0.0667. The summed E-state index contributed by atoms with van der Waals surface area (Å²) in [7, 11) is 0. The average molecular weight is 331 g/mol. The number of aromatic nitrogens is 2. The number of hydrogen-bond acceptors (Lipinski definition) is 4. The smallest absolute Gasteiger partial charge is 0.257 e. The minimum atomic E-state index is -0.529. The molecule has 0 saturated heterocycles. The Labute approximate surface area is 134 Å². The first-order valence-electron chi connectivity index (χ1n) is 6.73. The monoisotopic (exact) mass is 331 g/mol. The molecule has 1 aliphatic heterocycles. The number of hydrogen-bond donors (Lipinski definition) is 3. The Morgan fingerprint density at radius 2 is 2.00 bits per heavy atom. The van der Waals surface area contributed by atoms with Crippen molar-refractivity contribution < 1.29 is 18.7 Å². The molecule has 0 atom stereocenters.